The third kappa shape index (κ3) is 3.69. The number of benzene rings is 1. The fourth-order valence-corrected chi connectivity index (χ4v) is 2.32. The zero-order valence-corrected chi connectivity index (χ0v) is 13.8. The first-order chi connectivity index (χ1) is 12.6. The Morgan fingerprint density at radius 1 is 1.15 bits per heavy atom. The number of hydrogen-bond acceptors (Lipinski definition) is 6. The quantitative estimate of drug-likeness (QED) is 0.703. The third-order valence-electron chi connectivity index (χ3n) is 3.54. The van der Waals surface area contributed by atoms with Crippen molar-refractivity contribution in [2.45, 2.75) is 6.54 Å². The van der Waals surface area contributed by atoms with Crippen molar-refractivity contribution in [1.82, 2.24) is 9.78 Å². The fraction of sp³-hybridized carbons (Fsp3) is 0.111. The van der Waals surface area contributed by atoms with Crippen LogP contribution in [0.3, 0.4) is 0 Å². The number of carbonyl (C=O) groups excluding carboxylic acids is 2. The first-order valence-electron chi connectivity index (χ1n) is 7.67. The maximum Gasteiger partial charge on any atom is 0.339 e. The lowest BCUT2D eigenvalue weighted by Gasteiger charge is -2.10. The number of anilines is 1. The number of hydrogen-bond donors (Lipinski definition) is 1. The topological polar surface area (TPSA) is 103 Å². The predicted octanol–water partition coefficient (Wildman–Crippen LogP) is 1.93. The summed E-state index contributed by atoms with van der Waals surface area (Å²) in [5, 5.41) is 6.72. The standard InChI is InChI=1S/C18H15N3O5/c1-25-18(24)12-5-2-3-6-13(12)19-16(22)11-21-17(23)9-8-14(20-21)15-7-4-10-26-15/h2-10H,11H2,1H3,(H,19,22). The lowest BCUT2D eigenvalue weighted by atomic mass is 10.2. The largest absolute Gasteiger partial charge is 0.465 e. The van der Waals surface area contributed by atoms with Gasteiger partial charge in [-0.15, -0.1) is 0 Å². The summed E-state index contributed by atoms with van der Waals surface area (Å²) >= 11 is 0. The van der Waals surface area contributed by atoms with Crippen molar-refractivity contribution in [3.8, 4) is 11.5 Å². The van der Waals surface area contributed by atoms with Gasteiger partial charge in [-0.2, -0.15) is 5.10 Å². The van der Waals surface area contributed by atoms with Crippen LogP contribution >= 0.6 is 0 Å². The lowest BCUT2D eigenvalue weighted by molar-refractivity contribution is -0.117. The number of ether oxygens (including phenoxy) is 1. The normalized spacial score (nSPS) is 10.3. The summed E-state index contributed by atoms with van der Waals surface area (Å²) in [6.07, 6.45) is 1.49. The second-order valence-corrected chi connectivity index (χ2v) is 5.28. The van der Waals surface area contributed by atoms with Gasteiger partial charge in [-0.1, -0.05) is 12.1 Å². The minimum absolute atomic E-state index is 0.216. The molecule has 8 nitrogen and oxygen atoms in total. The molecule has 0 saturated carbocycles. The minimum atomic E-state index is -0.573. The van der Waals surface area contributed by atoms with Gasteiger partial charge in [-0.05, 0) is 30.3 Å². The van der Waals surface area contributed by atoms with Crippen LogP contribution in [0.5, 0.6) is 0 Å². The van der Waals surface area contributed by atoms with E-state index in [1.54, 1.807) is 30.3 Å². The van der Waals surface area contributed by atoms with Gasteiger partial charge in [0.2, 0.25) is 5.91 Å². The van der Waals surface area contributed by atoms with Crippen LogP contribution in [0, 0.1) is 0 Å². The van der Waals surface area contributed by atoms with Crippen molar-refractivity contribution in [3.05, 3.63) is 70.7 Å². The molecule has 1 amide bonds. The lowest BCUT2D eigenvalue weighted by Crippen LogP contribution is -2.29. The molecule has 0 atom stereocenters. The molecule has 0 aliphatic heterocycles. The van der Waals surface area contributed by atoms with E-state index in [1.165, 1.54) is 31.6 Å². The average Bonchev–Trinajstić information content (AvgIpc) is 3.18. The Bertz CT molecular complexity index is 992. The van der Waals surface area contributed by atoms with Crippen LogP contribution in [0.2, 0.25) is 0 Å². The van der Waals surface area contributed by atoms with E-state index in [4.69, 9.17) is 4.42 Å². The highest BCUT2D eigenvalue weighted by Crippen LogP contribution is 2.17. The summed E-state index contributed by atoms with van der Waals surface area (Å²) in [4.78, 5) is 36.0. The maximum atomic E-state index is 12.3. The van der Waals surface area contributed by atoms with Crippen LogP contribution in [-0.4, -0.2) is 28.8 Å². The van der Waals surface area contributed by atoms with E-state index < -0.39 is 17.4 Å². The van der Waals surface area contributed by atoms with Gasteiger partial charge in [0, 0.05) is 6.07 Å². The molecule has 0 aliphatic carbocycles. The van der Waals surface area contributed by atoms with Crippen LogP contribution in [0.15, 0.2) is 64.0 Å². The molecule has 0 aliphatic rings. The summed E-state index contributed by atoms with van der Waals surface area (Å²) in [7, 11) is 1.25. The highest BCUT2D eigenvalue weighted by Gasteiger charge is 2.14. The van der Waals surface area contributed by atoms with Gasteiger partial charge in [-0.3, -0.25) is 9.59 Å². The molecular formula is C18H15N3O5. The number of furan rings is 1. The van der Waals surface area contributed by atoms with Crippen LogP contribution in [0.25, 0.3) is 11.5 Å². The molecule has 26 heavy (non-hydrogen) atoms. The zero-order chi connectivity index (χ0) is 18.5. The van der Waals surface area contributed by atoms with Gasteiger partial charge in [0.05, 0.1) is 24.6 Å². The summed E-state index contributed by atoms with van der Waals surface area (Å²) < 4.78 is 10.9. The van der Waals surface area contributed by atoms with E-state index in [2.05, 4.69) is 15.2 Å². The number of aromatic nitrogens is 2. The molecule has 0 bridgehead atoms. The Kier molecular flexibility index (Phi) is 4.93. The Labute approximate surface area is 148 Å². The van der Waals surface area contributed by atoms with Gasteiger partial charge in [-0.25, -0.2) is 9.48 Å². The van der Waals surface area contributed by atoms with E-state index in [0.717, 1.165) is 4.68 Å². The van der Waals surface area contributed by atoms with Crippen molar-refractivity contribution < 1.29 is 18.7 Å². The number of para-hydroxylation sites is 1. The summed E-state index contributed by atoms with van der Waals surface area (Å²) in [5.41, 5.74) is 0.502. The minimum Gasteiger partial charge on any atom is -0.465 e. The smallest absolute Gasteiger partial charge is 0.339 e. The second kappa shape index (κ2) is 7.47. The Hall–Kier alpha value is -3.68. The zero-order valence-electron chi connectivity index (χ0n) is 13.8. The molecule has 0 radical (unpaired) electrons. The Balaban J connectivity index is 1.80. The van der Waals surface area contributed by atoms with Crippen LogP contribution < -0.4 is 10.9 Å². The van der Waals surface area contributed by atoms with Crippen molar-refractivity contribution in [2.24, 2.45) is 0 Å². The number of nitrogens with zero attached hydrogens (tertiary/aromatic N) is 2. The first-order valence-corrected chi connectivity index (χ1v) is 7.67. The molecule has 0 spiro atoms. The number of amides is 1. The predicted molar refractivity (Wildman–Crippen MR) is 92.6 cm³/mol. The average molecular weight is 353 g/mol. The number of nitrogens with one attached hydrogen (secondary N) is 1. The van der Waals surface area contributed by atoms with Crippen LogP contribution in [0.4, 0.5) is 5.69 Å². The molecule has 1 N–H and O–H groups in total. The monoisotopic (exact) mass is 353 g/mol. The molecule has 0 fully saturated rings. The number of carbonyl (C=O) groups is 2. The summed E-state index contributed by atoms with van der Waals surface area (Å²) in [6.45, 7) is -0.317. The van der Waals surface area contributed by atoms with Crippen molar-refractivity contribution >= 4 is 17.6 Å². The molecule has 0 saturated heterocycles. The molecular weight excluding hydrogens is 338 g/mol. The highest BCUT2D eigenvalue weighted by molar-refractivity contribution is 6.01. The van der Waals surface area contributed by atoms with Gasteiger partial charge < -0.3 is 14.5 Å². The first kappa shape index (κ1) is 17.2. The van der Waals surface area contributed by atoms with Gasteiger partial charge >= 0.3 is 5.97 Å². The molecule has 0 unspecified atom stereocenters. The third-order valence-corrected chi connectivity index (χ3v) is 3.54. The Morgan fingerprint density at radius 2 is 1.96 bits per heavy atom. The van der Waals surface area contributed by atoms with Gasteiger partial charge in [0.25, 0.3) is 5.56 Å². The van der Waals surface area contributed by atoms with E-state index >= 15 is 0 Å². The van der Waals surface area contributed by atoms with Crippen LogP contribution in [-0.2, 0) is 16.1 Å². The second-order valence-electron chi connectivity index (χ2n) is 5.28. The molecule has 1 aromatic carbocycles. The van der Waals surface area contributed by atoms with Gasteiger partial charge in [0.1, 0.15) is 12.2 Å². The SMILES string of the molecule is COC(=O)c1ccccc1NC(=O)Cn1nc(-c2ccco2)ccc1=O. The summed E-state index contributed by atoms with van der Waals surface area (Å²) in [5.74, 6) is -0.598. The van der Waals surface area contributed by atoms with E-state index in [1.807, 2.05) is 0 Å². The number of esters is 1. The molecule has 2 heterocycles. The van der Waals surface area contributed by atoms with Crippen molar-refractivity contribution in [1.29, 1.82) is 0 Å². The molecule has 3 rings (SSSR count). The van der Waals surface area contributed by atoms with E-state index in [-0.39, 0.29) is 12.1 Å². The van der Waals surface area contributed by atoms with Crippen molar-refractivity contribution in [3.63, 3.8) is 0 Å². The molecule has 8 heteroatoms. The maximum absolute atomic E-state index is 12.3. The van der Waals surface area contributed by atoms with Gasteiger partial charge in [0.15, 0.2) is 5.76 Å². The molecule has 132 valence electrons. The van der Waals surface area contributed by atoms with Crippen molar-refractivity contribution in [2.75, 3.05) is 12.4 Å². The Morgan fingerprint density at radius 3 is 2.69 bits per heavy atom. The molecule has 2 aromatic heterocycles. The number of rotatable bonds is 5. The van der Waals surface area contributed by atoms with Crippen LogP contribution in [0.1, 0.15) is 10.4 Å². The summed E-state index contributed by atoms with van der Waals surface area (Å²) in [6, 6.07) is 12.6. The fourth-order valence-electron chi connectivity index (χ4n) is 2.32. The van der Waals surface area contributed by atoms with E-state index in [0.29, 0.717) is 17.1 Å². The number of methoxy groups -OCH3 is 1. The highest BCUT2D eigenvalue weighted by atomic mass is 16.5. The van der Waals surface area contributed by atoms with E-state index in [9.17, 15) is 14.4 Å². The molecule has 3 aromatic rings.